The molecule has 27 heavy (non-hydrogen) atoms. The van der Waals surface area contributed by atoms with Crippen molar-refractivity contribution in [2.75, 3.05) is 6.54 Å². The van der Waals surface area contributed by atoms with Crippen LogP contribution in [0.5, 0.6) is 0 Å². The maximum absolute atomic E-state index is 12.0. The normalized spacial score (nSPS) is 11.6. The molecule has 1 aromatic rings. The number of hydrogen-bond donors (Lipinski definition) is 5. The first kappa shape index (κ1) is 22.9. The summed E-state index contributed by atoms with van der Waals surface area (Å²) in [6.45, 7) is 3.70. The van der Waals surface area contributed by atoms with E-state index in [9.17, 15) is 14.4 Å². The number of rotatable bonds is 7. The molecule has 8 nitrogen and oxygen atoms in total. The number of amides is 3. The summed E-state index contributed by atoms with van der Waals surface area (Å²) in [5, 5.41) is 15.3. The number of carbonyl (C=O) groups is 3. The zero-order chi connectivity index (χ0) is 20.6. The average Bonchev–Trinajstić information content (AvgIpc) is 2.57. The Balaban J connectivity index is 2.38. The second-order valence-electron chi connectivity index (χ2n) is 6.16. The van der Waals surface area contributed by atoms with Crippen LogP contribution in [-0.2, 0) is 20.8 Å². The number of hydrogen-bond acceptors (Lipinski definition) is 5. The van der Waals surface area contributed by atoms with Gasteiger partial charge in [0.2, 0.25) is 23.7 Å². The molecule has 0 bridgehead atoms. The minimum absolute atomic E-state index is 0.0196. The van der Waals surface area contributed by atoms with E-state index in [0.29, 0.717) is 15.6 Å². The molecule has 1 rings (SSSR count). The van der Waals surface area contributed by atoms with Crippen LogP contribution in [0.15, 0.2) is 18.2 Å². The summed E-state index contributed by atoms with van der Waals surface area (Å²) in [6, 6.07) is 4.20. The van der Waals surface area contributed by atoms with Crippen molar-refractivity contribution in [2.24, 2.45) is 11.7 Å². The molecule has 0 fully saturated rings. The molecule has 0 saturated carbocycles. The van der Waals surface area contributed by atoms with Gasteiger partial charge in [0.15, 0.2) is 0 Å². The Labute approximate surface area is 167 Å². The largest absolute Gasteiger partial charge is 0.354 e. The fraction of sp³-hybridized carbons (Fsp3) is 0.412. The Hall–Kier alpha value is -2.16. The van der Waals surface area contributed by atoms with Crippen LogP contribution in [0, 0.1) is 11.3 Å². The van der Waals surface area contributed by atoms with Crippen molar-refractivity contribution in [1.29, 1.82) is 5.41 Å². The van der Waals surface area contributed by atoms with Gasteiger partial charge in [-0.15, -0.1) is 0 Å². The summed E-state index contributed by atoms with van der Waals surface area (Å²) < 4.78 is 0. The fourth-order valence-electron chi connectivity index (χ4n) is 2.00. The van der Waals surface area contributed by atoms with E-state index in [1.54, 1.807) is 18.2 Å². The molecule has 0 aromatic heterocycles. The Bertz CT molecular complexity index is 704. The molecule has 0 unspecified atom stereocenters. The number of halogens is 2. The lowest BCUT2D eigenvalue weighted by Gasteiger charge is -2.15. The first-order valence-corrected chi connectivity index (χ1v) is 9.01. The van der Waals surface area contributed by atoms with Gasteiger partial charge in [0.1, 0.15) is 0 Å². The summed E-state index contributed by atoms with van der Waals surface area (Å²) in [6.07, 6.45) is -0.203. The summed E-state index contributed by atoms with van der Waals surface area (Å²) in [7, 11) is 0. The van der Waals surface area contributed by atoms with Crippen LogP contribution in [0.4, 0.5) is 0 Å². The van der Waals surface area contributed by atoms with Crippen molar-refractivity contribution < 1.29 is 14.4 Å². The van der Waals surface area contributed by atoms with Crippen LogP contribution >= 0.6 is 23.2 Å². The van der Waals surface area contributed by atoms with Crippen molar-refractivity contribution in [2.45, 2.75) is 32.7 Å². The minimum Gasteiger partial charge on any atom is -0.354 e. The predicted octanol–water partition coefficient (Wildman–Crippen LogP) is 1.19. The Morgan fingerprint density at radius 3 is 2.22 bits per heavy atom. The highest BCUT2D eigenvalue weighted by atomic mass is 35.5. The minimum atomic E-state index is -0.651. The van der Waals surface area contributed by atoms with E-state index in [2.05, 4.69) is 16.0 Å². The molecule has 6 N–H and O–H groups in total. The topological polar surface area (TPSA) is 137 Å². The molecule has 0 aliphatic heterocycles. The van der Waals surface area contributed by atoms with Crippen molar-refractivity contribution in [3.8, 4) is 0 Å². The lowest BCUT2D eigenvalue weighted by atomic mass is 10.1. The first-order valence-electron chi connectivity index (χ1n) is 8.26. The molecule has 148 valence electrons. The van der Waals surface area contributed by atoms with Crippen molar-refractivity contribution in [3.05, 3.63) is 33.8 Å². The van der Waals surface area contributed by atoms with Gasteiger partial charge in [0, 0.05) is 23.0 Å². The van der Waals surface area contributed by atoms with E-state index in [1.807, 2.05) is 13.8 Å². The summed E-state index contributed by atoms with van der Waals surface area (Å²) >= 11 is 12.0. The number of nitrogens with one attached hydrogen (secondary N) is 4. The zero-order valence-corrected chi connectivity index (χ0v) is 16.6. The van der Waals surface area contributed by atoms with Crippen molar-refractivity contribution in [3.63, 3.8) is 0 Å². The van der Waals surface area contributed by atoms with Gasteiger partial charge in [-0.2, -0.15) is 0 Å². The molecule has 1 atom stereocenters. The van der Waals surface area contributed by atoms with Gasteiger partial charge < -0.3 is 11.1 Å². The number of benzene rings is 1. The van der Waals surface area contributed by atoms with E-state index in [4.69, 9.17) is 34.3 Å². The zero-order valence-electron chi connectivity index (χ0n) is 15.1. The molecular formula is C17H23Cl2N5O3. The maximum atomic E-state index is 12.0. The van der Waals surface area contributed by atoms with Crippen LogP contribution in [0.3, 0.4) is 0 Å². The van der Waals surface area contributed by atoms with E-state index < -0.39 is 23.8 Å². The highest BCUT2D eigenvalue weighted by Crippen LogP contribution is 2.24. The SMILES string of the molecule is CC(C)[C@H](N)C(=O)NCCC(=O)NC(=N)NC(=O)Cc1c(Cl)cccc1Cl. The van der Waals surface area contributed by atoms with Gasteiger partial charge in [-0.3, -0.25) is 30.4 Å². The molecule has 3 amide bonds. The number of nitrogens with two attached hydrogens (primary N) is 1. The van der Waals surface area contributed by atoms with Crippen LogP contribution in [-0.4, -0.2) is 36.3 Å². The highest BCUT2D eigenvalue weighted by Gasteiger charge is 2.17. The van der Waals surface area contributed by atoms with Crippen molar-refractivity contribution in [1.82, 2.24) is 16.0 Å². The second-order valence-corrected chi connectivity index (χ2v) is 6.97. The first-order chi connectivity index (χ1) is 12.6. The van der Waals surface area contributed by atoms with Crippen LogP contribution < -0.4 is 21.7 Å². The van der Waals surface area contributed by atoms with Crippen molar-refractivity contribution >= 4 is 46.9 Å². The van der Waals surface area contributed by atoms with Gasteiger partial charge in [-0.25, -0.2) is 0 Å². The number of carbonyl (C=O) groups excluding carboxylic acids is 3. The summed E-state index contributed by atoms with van der Waals surface area (Å²) in [5.74, 6) is -1.92. The quantitative estimate of drug-likeness (QED) is 0.337. The second kappa shape index (κ2) is 10.9. The van der Waals surface area contributed by atoms with Gasteiger partial charge >= 0.3 is 0 Å². The third-order valence-electron chi connectivity index (χ3n) is 3.60. The molecule has 10 heteroatoms. The molecule has 0 aliphatic carbocycles. The summed E-state index contributed by atoms with van der Waals surface area (Å²) in [4.78, 5) is 35.4. The van der Waals surface area contributed by atoms with Crippen LogP contribution in [0.25, 0.3) is 0 Å². The van der Waals surface area contributed by atoms with Gasteiger partial charge in [-0.05, 0) is 23.6 Å². The van der Waals surface area contributed by atoms with E-state index in [-0.39, 0.29) is 31.2 Å². The molecule has 0 heterocycles. The highest BCUT2D eigenvalue weighted by molar-refractivity contribution is 6.36. The third-order valence-corrected chi connectivity index (χ3v) is 4.31. The lowest BCUT2D eigenvalue weighted by Crippen LogP contribution is -2.46. The predicted molar refractivity (Wildman–Crippen MR) is 105 cm³/mol. The smallest absolute Gasteiger partial charge is 0.237 e. The van der Waals surface area contributed by atoms with Crippen LogP contribution in [0.1, 0.15) is 25.8 Å². The molecule has 0 radical (unpaired) electrons. The van der Waals surface area contributed by atoms with E-state index >= 15 is 0 Å². The monoisotopic (exact) mass is 415 g/mol. The van der Waals surface area contributed by atoms with E-state index in [1.165, 1.54) is 0 Å². The Kier molecular flexibility index (Phi) is 9.20. The van der Waals surface area contributed by atoms with Crippen LogP contribution in [0.2, 0.25) is 10.0 Å². The summed E-state index contributed by atoms with van der Waals surface area (Å²) in [5.41, 5.74) is 6.12. The fourth-order valence-corrected chi connectivity index (χ4v) is 2.53. The Morgan fingerprint density at radius 1 is 1.11 bits per heavy atom. The lowest BCUT2D eigenvalue weighted by molar-refractivity contribution is -0.123. The molecule has 0 saturated heterocycles. The van der Waals surface area contributed by atoms with E-state index in [0.717, 1.165) is 0 Å². The van der Waals surface area contributed by atoms with Gasteiger partial charge in [-0.1, -0.05) is 43.1 Å². The maximum Gasteiger partial charge on any atom is 0.237 e. The molecular weight excluding hydrogens is 393 g/mol. The Morgan fingerprint density at radius 2 is 1.67 bits per heavy atom. The molecule has 0 aliphatic rings. The molecule has 0 spiro atoms. The molecule has 1 aromatic carbocycles. The van der Waals surface area contributed by atoms with Gasteiger partial charge in [0.05, 0.1) is 12.5 Å². The standard InChI is InChI=1S/C17H23Cl2N5O3/c1-9(2)15(20)16(27)22-7-6-13(25)23-17(21)24-14(26)8-10-11(18)4-3-5-12(10)19/h3-5,9,15H,6-8,20H2,1-2H3,(H,22,27)(H3,21,23,24,25,26)/t15-/m0/s1. The number of guanidine groups is 1. The van der Waals surface area contributed by atoms with Gasteiger partial charge in [0.25, 0.3) is 0 Å². The third kappa shape index (κ3) is 7.94. The average molecular weight is 416 g/mol.